The predicted octanol–water partition coefficient (Wildman–Crippen LogP) is 5.09. The van der Waals surface area contributed by atoms with Crippen LogP contribution in [-0.4, -0.2) is 44.0 Å². The molecule has 0 saturated carbocycles. The zero-order chi connectivity index (χ0) is 24.9. The molecule has 0 aliphatic carbocycles. The molecule has 2 saturated heterocycles. The summed E-state index contributed by atoms with van der Waals surface area (Å²) in [6, 6.07) is 18.3. The second-order valence-corrected chi connectivity index (χ2v) is 10.4. The van der Waals surface area contributed by atoms with Crippen molar-refractivity contribution in [2.45, 2.75) is 64.3 Å². The van der Waals surface area contributed by atoms with Crippen LogP contribution >= 0.6 is 0 Å². The van der Waals surface area contributed by atoms with Crippen LogP contribution in [0.5, 0.6) is 0 Å². The molecule has 2 fully saturated rings. The van der Waals surface area contributed by atoms with Crippen LogP contribution in [0.15, 0.2) is 60.1 Å². The van der Waals surface area contributed by atoms with E-state index >= 15 is 0 Å². The fourth-order valence-electron chi connectivity index (χ4n) is 4.38. The van der Waals surface area contributed by atoms with Crippen molar-refractivity contribution in [1.29, 1.82) is 0 Å². The van der Waals surface area contributed by atoms with E-state index < -0.39 is 24.4 Å². The average Bonchev–Trinajstić information content (AvgIpc) is 3.08. The number of ether oxygens (including phenoxy) is 1. The highest BCUT2D eigenvalue weighted by atomic mass is 16.7. The Hall–Kier alpha value is -2.61. The Balaban J connectivity index is 1.46. The molecular formula is C28H37BN2O4. The van der Waals surface area contributed by atoms with Crippen LogP contribution in [0.3, 0.4) is 0 Å². The molecule has 7 heteroatoms. The van der Waals surface area contributed by atoms with Crippen LogP contribution in [-0.2, 0) is 20.7 Å². The summed E-state index contributed by atoms with van der Waals surface area (Å²) in [6.45, 7) is 10.7. The van der Waals surface area contributed by atoms with Gasteiger partial charge < -0.3 is 24.7 Å². The fourth-order valence-corrected chi connectivity index (χ4v) is 4.38. The molecule has 186 valence electrons. The molecular weight excluding hydrogens is 439 g/mol. The summed E-state index contributed by atoms with van der Waals surface area (Å²) in [5.74, 6) is 0.609. The third kappa shape index (κ3) is 6.54. The Morgan fingerprint density at radius 1 is 1.03 bits per heavy atom. The first-order chi connectivity index (χ1) is 16.7. The normalized spacial score (nSPS) is 20.0. The zero-order valence-corrected chi connectivity index (χ0v) is 21.3. The van der Waals surface area contributed by atoms with E-state index in [-0.39, 0.29) is 13.2 Å². The van der Waals surface area contributed by atoms with Crippen molar-refractivity contribution in [3.8, 4) is 0 Å². The highest BCUT2D eigenvalue weighted by Crippen LogP contribution is 2.38. The van der Waals surface area contributed by atoms with Gasteiger partial charge in [-0.1, -0.05) is 60.7 Å². The van der Waals surface area contributed by atoms with Crippen molar-refractivity contribution in [3.63, 3.8) is 0 Å². The number of amides is 1. The molecule has 0 bridgehead atoms. The fraction of sp³-hybridized carbons (Fsp3) is 0.464. The molecule has 0 aromatic heterocycles. The van der Waals surface area contributed by atoms with Crippen LogP contribution in [0, 0.1) is 0 Å². The van der Waals surface area contributed by atoms with Gasteiger partial charge in [-0.2, -0.15) is 0 Å². The maximum atomic E-state index is 12.4. The third-order valence-electron chi connectivity index (χ3n) is 7.30. The molecule has 0 unspecified atom stereocenters. The molecule has 4 rings (SSSR count). The molecule has 0 spiro atoms. The van der Waals surface area contributed by atoms with Gasteiger partial charge in [0.15, 0.2) is 0 Å². The second-order valence-electron chi connectivity index (χ2n) is 10.4. The number of benzene rings is 2. The van der Waals surface area contributed by atoms with Crippen molar-refractivity contribution < 1.29 is 18.8 Å². The lowest BCUT2D eigenvalue weighted by Crippen LogP contribution is -2.41. The summed E-state index contributed by atoms with van der Waals surface area (Å²) in [4.78, 5) is 12.4. The van der Waals surface area contributed by atoms with Gasteiger partial charge in [0, 0.05) is 6.54 Å². The summed E-state index contributed by atoms with van der Waals surface area (Å²) in [6.07, 6.45) is 3.91. The molecule has 35 heavy (non-hydrogen) atoms. The molecule has 1 amide bonds. The largest absolute Gasteiger partial charge is 0.492 e. The molecule has 2 aliphatic rings. The van der Waals surface area contributed by atoms with Crippen LogP contribution < -0.4 is 10.6 Å². The van der Waals surface area contributed by atoms with Gasteiger partial charge in [-0.15, -0.1) is 0 Å². The van der Waals surface area contributed by atoms with Gasteiger partial charge in [-0.05, 0) is 81.7 Å². The van der Waals surface area contributed by atoms with Crippen molar-refractivity contribution in [1.82, 2.24) is 10.6 Å². The minimum absolute atomic E-state index is 0.223. The lowest BCUT2D eigenvalue weighted by molar-refractivity contribution is 0.00578. The van der Waals surface area contributed by atoms with E-state index in [1.54, 1.807) is 0 Å². The topological polar surface area (TPSA) is 68.8 Å². The van der Waals surface area contributed by atoms with E-state index in [1.165, 1.54) is 18.4 Å². The minimum atomic E-state index is -0.557. The lowest BCUT2D eigenvalue weighted by atomic mass is 9.77. The molecule has 2 heterocycles. The van der Waals surface area contributed by atoms with E-state index in [2.05, 4.69) is 34.9 Å². The van der Waals surface area contributed by atoms with E-state index in [0.717, 1.165) is 29.7 Å². The average molecular weight is 476 g/mol. The molecule has 0 radical (unpaired) electrons. The Labute approximate surface area is 209 Å². The van der Waals surface area contributed by atoms with E-state index in [9.17, 15) is 4.79 Å². The summed E-state index contributed by atoms with van der Waals surface area (Å²) in [5.41, 5.74) is 3.27. The number of piperidine rings is 1. The molecule has 2 aliphatic heterocycles. The van der Waals surface area contributed by atoms with Gasteiger partial charge in [-0.3, -0.25) is 0 Å². The molecule has 6 nitrogen and oxygen atoms in total. The second kappa shape index (κ2) is 11.0. The van der Waals surface area contributed by atoms with Crippen LogP contribution in [0.1, 0.15) is 63.1 Å². The number of nitrogens with one attached hydrogen (secondary N) is 2. The summed E-state index contributed by atoms with van der Waals surface area (Å²) in [7, 11) is -0.557. The minimum Gasteiger partial charge on any atom is -0.445 e. The maximum Gasteiger partial charge on any atom is 0.492 e. The van der Waals surface area contributed by atoms with Gasteiger partial charge in [-0.25, -0.2) is 4.79 Å². The van der Waals surface area contributed by atoms with Gasteiger partial charge in [0.05, 0.1) is 11.2 Å². The number of hydrogen-bond donors (Lipinski definition) is 2. The maximum absolute atomic E-state index is 12.4. The first kappa shape index (κ1) is 25.5. The predicted molar refractivity (Wildman–Crippen MR) is 140 cm³/mol. The molecule has 2 aromatic carbocycles. The van der Waals surface area contributed by atoms with E-state index in [1.807, 2.05) is 64.1 Å². The van der Waals surface area contributed by atoms with Crippen molar-refractivity contribution in [2.75, 3.05) is 19.6 Å². The number of rotatable bonds is 7. The number of carbonyl (C=O) groups excluding carboxylic acids is 1. The Bertz CT molecular complexity index is 999. The van der Waals surface area contributed by atoms with Crippen molar-refractivity contribution in [2.24, 2.45) is 0 Å². The van der Waals surface area contributed by atoms with Gasteiger partial charge in [0.25, 0.3) is 0 Å². The van der Waals surface area contributed by atoms with E-state index in [4.69, 9.17) is 14.0 Å². The van der Waals surface area contributed by atoms with Crippen LogP contribution in [0.4, 0.5) is 4.79 Å². The number of hydrogen-bond acceptors (Lipinski definition) is 5. The first-order valence-electron chi connectivity index (χ1n) is 12.5. The molecule has 0 atom stereocenters. The lowest BCUT2D eigenvalue weighted by Gasteiger charge is -2.32. The van der Waals surface area contributed by atoms with Crippen LogP contribution in [0.2, 0.25) is 0 Å². The SMILES string of the molecule is CC1(C)OB(C(=Cc2ccc(C3CCNCC3)cc2)CNC(=O)OCc2ccccc2)OC1(C)C. The Morgan fingerprint density at radius 2 is 1.66 bits per heavy atom. The Kier molecular flexibility index (Phi) is 8.00. The highest BCUT2D eigenvalue weighted by Gasteiger charge is 2.52. The summed E-state index contributed by atoms with van der Waals surface area (Å²) in [5, 5.41) is 6.30. The highest BCUT2D eigenvalue weighted by molar-refractivity contribution is 6.56. The van der Waals surface area contributed by atoms with Gasteiger partial charge >= 0.3 is 13.2 Å². The van der Waals surface area contributed by atoms with Gasteiger partial charge in [0.1, 0.15) is 6.61 Å². The molecule has 2 N–H and O–H groups in total. The smallest absolute Gasteiger partial charge is 0.445 e. The number of carbonyl (C=O) groups is 1. The van der Waals surface area contributed by atoms with Crippen LogP contribution in [0.25, 0.3) is 6.08 Å². The van der Waals surface area contributed by atoms with Crippen molar-refractivity contribution >= 4 is 19.3 Å². The van der Waals surface area contributed by atoms with Crippen molar-refractivity contribution in [3.05, 3.63) is 76.8 Å². The molecule has 2 aromatic rings. The summed E-state index contributed by atoms with van der Waals surface area (Å²) < 4.78 is 18.0. The number of alkyl carbamates (subject to hydrolysis) is 1. The first-order valence-corrected chi connectivity index (χ1v) is 12.5. The van der Waals surface area contributed by atoms with Gasteiger partial charge in [0.2, 0.25) is 0 Å². The third-order valence-corrected chi connectivity index (χ3v) is 7.30. The zero-order valence-electron chi connectivity index (χ0n) is 21.3. The standard InChI is InChI=1S/C28H37BN2O4/c1-27(2)28(3,4)35-29(34-27)25(19-31-26(32)33-20-22-8-6-5-7-9-22)18-21-10-12-23(13-11-21)24-14-16-30-17-15-24/h5-13,18,24,30H,14-17,19-20H2,1-4H3,(H,31,32). The van der Waals surface area contributed by atoms with E-state index in [0.29, 0.717) is 5.92 Å². The summed E-state index contributed by atoms with van der Waals surface area (Å²) >= 11 is 0. The quantitative estimate of drug-likeness (QED) is 0.545. The monoisotopic (exact) mass is 476 g/mol. The Morgan fingerprint density at radius 3 is 2.29 bits per heavy atom.